The van der Waals surface area contributed by atoms with Gasteiger partial charge in [0.15, 0.2) is 0 Å². The Hall–Kier alpha value is -3.15. The van der Waals surface area contributed by atoms with Crippen molar-refractivity contribution < 1.29 is 4.79 Å². The molecule has 0 bridgehead atoms. The number of imidazole rings is 1. The summed E-state index contributed by atoms with van der Waals surface area (Å²) >= 11 is 0. The monoisotopic (exact) mass is 335 g/mol. The van der Waals surface area contributed by atoms with Crippen LogP contribution in [0, 0.1) is 0 Å². The molecule has 0 aliphatic heterocycles. The highest BCUT2D eigenvalue weighted by molar-refractivity contribution is 5.90. The number of benzene rings is 1. The number of hydrogen-bond acceptors (Lipinski definition) is 3. The van der Waals surface area contributed by atoms with Gasteiger partial charge in [-0.25, -0.2) is 9.78 Å². The standard InChI is InChI=1S/C19H21N5O/c1-3-24-12-11-21-18(24)16-5-4-6-17(13-16)23-19(25)22-14(2)15-7-9-20-10-8-15/h4-14H,3H2,1-2H3,(H2,22,23,25)/t14-/m1/s1. The lowest BCUT2D eigenvalue weighted by molar-refractivity contribution is 0.249. The lowest BCUT2D eigenvalue weighted by Gasteiger charge is -2.15. The molecule has 25 heavy (non-hydrogen) atoms. The molecule has 1 aromatic carbocycles. The summed E-state index contributed by atoms with van der Waals surface area (Å²) in [7, 11) is 0. The Labute approximate surface area is 146 Å². The molecule has 128 valence electrons. The maximum absolute atomic E-state index is 12.3. The summed E-state index contributed by atoms with van der Waals surface area (Å²) in [4.78, 5) is 20.6. The molecular formula is C19H21N5O. The van der Waals surface area contributed by atoms with Gasteiger partial charge in [0.1, 0.15) is 5.82 Å². The largest absolute Gasteiger partial charge is 0.331 e. The fourth-order valence-electron chi connectivity index (χ4n) is 2.66. The molecule has 0 aliphatic rings. The van der Waals surface area contributed by atoms with Gasteiger partial charge in [-0.15, -0.1) is 0 Å². The summed E-state index contributed by atoms with van der Waals surface area (Å²) in [6.45, 7) is 4.85. The summed E-state index contributed by atoms with van der Waals surface area (Å²) < 4.78 is 2.06. The van der Waals surface area contributed by atoms with E-state index in [1.807, 2.05) is 49.5 Å². The second kappa shape index (κ2) is 7.61. The van der Waals surface area contributed by atoms with Crippen LogP contribution < -0.4 is 10.6 Å². The van der Waals surface area contributed by atoms with Gasteiger partial charge in [-0.2, -0.15) is 0 Å². The zero-order valence-electron chi connectivity index (χ0n) is 14.3. The van der Waals surface area contributed by atoms with E-state index in [-0.39, 0.29) is 12.1 Å². The number of hydrogen-bond donors (Lipinski definition) is 2. The third-order valence-corrected chi connectivity index (χ3v) is 3.99. The van der Waals surface area contributed by atoms with Crippen molar-refractivity contribution in [3.8, 4) is 11.4 Å². The lowest BCUT2D eigenvalue weighted by Crippen LogP contribution is -2.31. The van der Waals surface area contributed by atoms with Crippen molar-refractivity contribution in [2.45, 2.75) is 26.4 Å². The Kier molecular flexibility index (Phi) is 5.09. The number of anilines is 1. The fraction of sp³-hybridized carbons (Fsp3) is 0.211. The van der Waals surface area contributed by atoms with Crippen LogP contribution in [0.25, 0.3) is 11.4 Å². The fourth-order valence-corrected chi connectivity index (χ4v) is 2.66. The highest BCUT2D eigenvalue weighted by atomic mass is 16.2. The van der Waals surface area contributed by atoms with Gasteiger partial charge < -0.3 is 15.2 Å². The van der Waals surface area contributed by atoms with Gasteiger partial charge in [-0.05, 0) is 43.7 Å². The third-order valence-electron chi connectivity index (χ3n) is 3.99. The molecule has 3 rings (SSSR count). The molecule has 2 N–H and O–H groups in total. The Morgan fingerprint density at radius 2 is 2.00 bits per heavy atom. The molecule has 0 spiro atoms. The minimum Gasteiger partial charge on any atom is -0.331 e. The van der Waals surface area contributed by atoms with Gasteiger partial charge in [-0.3, -0.25) is 4.98 Å². The predicted octanol–water partition coefficient (Wildman–Crippen LogP) is 3.85. The van der Waals surface area contributed by atoms with Gasteiger partial charge in [0.05, 0.1) is 6.04 Å². The summed E-state index contributed by atoms with van der Waals surface area (Å²) in [5, 5.41) is 5.80. The number of urea groups is 1. The van der Waals surface area contributed by atoms with E-state index in [0.29, 0.717) is 0 Å². The third kappa shape index (κ3) is 4.03. The molecule has 2 heterocycles. The average Bonchev–Trinajstić information content (AvgIpc) is 3.11. The first-order chi connectivity index (χ1) is 12.2. The zero-order chi connectivity index (χ0) is 17.6. The minimum atomic E-state index is -0.250. The van der Waals surface area contributed by atoms with Crippen LogP contribution in [-0.2, 0) is 6.54 Å². The van der Waals surface area contributed by atoms with E-state index in [0.717, 1.165) is 29.2 Å². The number of carbonyl (C=O) groups is 1. The molecule has 0 aliphatic carbocycles. The first-order valence-corrected chi connectivity index (χ1v) is 8.26. The Morgan fingerprint density at radius 1 is 1.20 bits per heavy atom. The van der Waals surface area contributed by atoms with Crippen LogP contribution in [0.5, 0.6) is 0 Å². The molecule has 6 heteroatoms. The van der Waals surface area contributed by atoms with Gasteiger partial charge in [0.2, 0.25) is 0 Å². The lowest BCUT2D eigenvalue weighted by atomic mass is 10.1. The summed E-state index contributed by atoms with van der Waals surface area (Å²) in [6, 6.07) is 11.1. The highest BCUT2D eigenvalue weighted by Gasteiger charge is 2.10. The SMILES string of the molecule is CCn1ccnc1-c1cccc(NC(=O)N[C@H](C)c2ccncc2)c1. The normalized spacial score (nSPS) is 11.8. The highest BCUT2D eigenvalue weighted by Crippen LogP contribution is 2.21. The Morgan fingerprint density at radius 3 is 2.76 bits per heavy atom. The maximum atomic E-state index is 12.3. The van der Waals surface area contributed by atoms with E-state index in [1.165, 1.54) is 0 Å². The number of aromatic nitrogens is 3. The molecule has 1 atom stereocenters. The summed E-state index contributed by atoms with van der Waals surface area (Å²) in [5.74, 6) is 0.886. The predicted molar refractivity (Wildman–Crippen MR) is 98.1 cm³/mol. The number of rotatable bonds is 5. The van der Waals surface area contributed by atoms with Crippen LogP contribution in [-0.4, -0.2) is 20.6 Å². The smallest absolute Gasteiger partial charge is 0.319 e. The molecule has 0 radical (unpaired) electrons. The number of pyridine rings is 1. The van der Waals surface area contributed by atoms with Gasteiger partial charge in [0.25, 0.3) is 0 Å². The van der Waals surface area contributed by atoms with Crippen molar-refractivity contribution in [3.63, 3.8) is 0 Å². The van der Waals surface area contributed by atoms with E-state index in [2.05, 4.69) is 32.1 Å². The van der Waals surface area contributed by atoms with Gasteiger partial charge in [-0.1, -0.05) is 12.1 Å². The van der Waals surface area contributed by atoms with Crippen LogP contribution in [0.2, 0.25) is 0 Å². The topological polar surface area (TPSA) is 71.8 Å². The quantitative estimate of drug-likeness (QED) is 0.744. The summed E-state index contributed by atoms with van der Waals surface area (Å²) in [5.41, 5.74) is 2.69. The average molecular weight is 335 g/mol. The van der Waals surface area contributed by atoms with Crippen LogP contribution in [0.15, 0.2) is 61.2 Å². The number of carbonyl (C=O) groups excluding carboxylic acids is 1. The van der Waals surface area contributed by atoms with Crippen LogP contribution >= 0.6 is 0 Å². The molecule has 0 saturated heterocycles. The van der Waals surface area contributed by atoms with Gasteiger partial charge in [0, 0.05) is 42.6 Å². The number of amides is 2. The first kappa shape index (κ1) is 16.7. The molecule has 3 aromatic rings. The van der Waals surface area contributed by atoms with Crippen molar-refractivity contribution >= 4 is 11.7 Å². The van der Waals surface area contributed by atoms with Crippen LogP contribution in [0.4, 0.5) is 10.5 Å². The van der Waals surface area contributed by atoms with E-state index in [1.54, 1.807) is 18.6 Å². The molecule has 2 amide bonds. The van der Waals surface area contributed by atoms with E-state index < -0.39 is 0 Å². The first-order valence-electron chi connectivity index (χ1n) is 8.26. The second-order valence-corrected chi connectivity index (χ2v) is 5.72. The Balaban J connectivity index is 1.69. The van der Waals surface area contributed by atoms with Crippen molar-refractivity contribution in [2.24, 2.45) is 0 Å². The van der Waals surface area contributed by atoms with Crippen molar-refractivity contribution in [1.29, 1.82) is 0 Å². The zero-order valence-corrected chi connectivity index (χ0v) is 14.3. The molecule has 6 nitrogen and oxygen atoms in total. The number of nitrogens with zero attached hydrogens (tertiary/aromatic N) is 3. The summed E-state index contributed by atoms with van der Waals surface area (Å²) in [6.07, 6.45) is 7.15. The van der Waals surface area contributed by atoms with E-state index in [9.17, 15) is 4.79 Å². The second-order valence-electron chi connectivity index (χ2n) is 5.72. The van der Waals surface area contributed by atoms with Crippen LogP contribution in [0.1, 0.15) is 25.5 Å². The van der Waals surface area contributed by atoms with Crippen molar-refractivity contribution in [3.05, 3.63) is 66.7 Å². The molecule has 2 aromatic heterocycles. The molecular weight excluding hydrogens is 314 g/mol. The van der Waals surface area contributed by atoms with Gasteiger partial charge >= 0.3 is 6.03 Å². The molecule has 0 saturated carbocycles. The molecule has 0 fully saturated rings. The van der Waals surface area contributed by atoms with E-state index >= 15 is 0 Å². The molecule has 0 unspecified atom stereocenters. The van der Waals surface area contributed by atoms with Crippen molar-refractivity contribution in [1.82, 2.24) is 19.9 Å². The van der Waals surface area contributed by atoms with E-state index in [4.69, 9.17) is 0 Å². The Bertz CT molecular complexity index is 844. The minimum absolute atomic E-state index is 0.106. The maximum Gasteiger partial charge on any atom is 0.319 e. The number of nitrogens with one attached hydrogen (secondary N) is 2. The number of aryl methyl sites for hydroxylation is 1. The van der Waals surface area contributed by atoms with Crippen molar-refractivity contribution in [2.75, 3.05) is 5.32 Å². The van der Waals surface area contributed by atoms with Crippen LogP contribution in [0.3, 0.4) is 0 Å².